The van der Waals surface area contributed by atoms with E-state index in [-0.39, 0.29) is 34.7 Å². The van der Waals surface area contributed by atoms with Gasteiger partial charge >= 0.3 is 0 Å². The lowest BCUT2D eigenvalue weighted by Gasteiger charge is -2.09. The maximum absolute atomic E-state index is 11.6. The minimum Gasteiger partial charge on any atom is -0.394 e. The van der Waals surface area contributed by atoms with Gasteiger partial charge in [0.15, 0.2) is 0 Å². The Morgan fingerprint density at radius 3 is 2.11 bits per heavy atom. The Morgan fingerprint density at radius 1 is 0.929 bits per heavy atom. The van der Waals surface area contributed by atoms with E-state index in [1.165, 1.54) is 18.2 Å². The summed E-state index contributed by atoms with van der Waals surface area (Å²) in [5.41, 5.74) is -0.210. The molecule has 0 bridgehead atoms. The molecular weight excluding hydrogens is 372 g/mol. The molecule has 1 N–H and O–H groups in total. The van der Waals surface area contributed by atoms with Crippen LogP contribution in [0.25, 0.3) is 11.1 Å². The van der Waals surface area contributed by atoms with Crippen LogP contribution in [0.1, 0.15) is 24.5 Å². The van der Waals surface area contributed by atoms with Crippen molar-refractivity contribution in [3.63, 3.8) is 0 Å². The number of nitro groups is 3. The first-order valence-corrected chi connectivity index (χ1v) is 8.23. The molecule has 1 aliphatic rings. The molecule has 28 heavy (non-hydrogen) atoms. The zero-order valence-corrected chi connectivity index (χ0v) is 14.6. The molecule has 144 valence electrons. The zero-order chi connectivity index (χ0) is 20.6. The molecule has 3 rings (SSSR count). The summed E-state index contributed by atoms with van der Waals surface area (Å²) in [5.74, 6) is 0. The Labute approximate surface area is 157 Å². The fourth-order valence-electron chi connectivity index (χ4n) is 3.12. The lowest BCUT2D eigenvalue weighted by molar-refractivity contribution is -0.393. The minimum atomic E-state index is -0.750. The predicted octanol–water partition coefficient (Wildman–Crippen LogP) is 3.00. The number of aliphatic hydroxyl groups excluding tert-OH is 1. The van der Waals surface area contributed by atoms with E-state index in [4.69, 9.17) is 0 Å². The van der Waals surface area contributed by atoms with E-state index >= 15 is 0 Å². The molecule has 11 heteroatoms. The SMILES string of the molecule is CCC(CO)N=C1c2cc([N+](=O)[O-])ccc2-c2c1cc([N+](=O)[O-])cc2[N+](=O)[O-]. The van der Waals surface area contributed by atoms with Crippen LogP contribution in [0.4, 0.5) is 17.1 Å². The second-order valence-corrected chi connectivity index (χ2v) is 6.11. The summed E-state index contributed by atoms with van der Waals surface area (Å²) in [4.78, 5) is 36.3. The average Bonchev–Trinajstić information content (AvgIpc) is 2.97. The highest BCUT2D eigenvalue weighted by Crippen LogP contribution is 2.46. The summed E-state index contributed by atoms with van der Waals surface area (Å²) >= 11 is 0. The van der Waals surface area contributed by atoms with E-state index < -0.39 is 32.2 Å². The Kier molecular flexibility index (Phi) is 4.84. The van der Waals surface area contributed by atoms with Crippen molar-refractivity contribution < 1.29 is 19.9 Å². The van der Waals surface area contributed by atoms with Gasteiger partial charge in [0.1, 0.15) is 0 Å². The molecule has 0 heterocycles. The zero-order valence-electron chi connectivity index (χ0n) is 14.6. The third-order valence-corrected chi connectivity index (χ3v) is 4.50. The summed E-state index contributed by atoms with van der Waals surface area (Å²) in [5, 5.41) is 43.4. The molecule has 0 spiro atoms. The maximum Gasteiger partial charge on any atom is 0.284 e. The van der Waals surface area contributed by atoms with Crippen molar-refractivity contribution >= 4 is 22.8 Å². The average molecular weight is 386 g/mol. The molecule has 0 fully saturated rings. The predicted molar refractivity (Wildman–Crippen MR) is 98.6 cm³/mol. The van der Waals surface area contributed by atoms with E-state index in [1.54, 1.807) is 6.92 Å². The van der Waals surface area contributed by atoms with Gasteiger partial charge in [-0.15, -0.1) is 0 Å². The van der Waals surface area contributed by atoms with E-state index in [0.717, 1.165) is 12.1 Å². The van der Waals surface area contributed by atoms with Gasteiger partial charge < -0.3 is 5.11 Å². The van der Waals surface area contributed by atoms with E-state index in [0.29, 0.717) is 12.0 Å². The van der Waals surface area contributed by atoms with Crippen LogP contribution < -0.4 is 0 Å². The van der Waals surface area contributed by atoms with Crippen LogP contribution in [-0.2, 0) is 0 Å². The second kappa shape index (κ2) is 7.12. The lowest BCUT2D eigenvalue weighted by Crippen LogP contribution is -2.13. The first kappa shape index (κ1) is 19.0. The monoisotopic (exact) mass is 386 g/mol. The number of rotatable bonds is 6. The van der Waals surface area contributed by atoms with Gasteiger partial charge in [0, 0.05) is 29.3 Å². The summed E-state index contributed by atoms with van der Waals surface area (Å²) in [7, 11) is 0. The molecule has 0 amide bonds. The van der Waals surface area contributed by atoms with E-state index in [2.05, 4.69) is 4.99 Å². The third-order valence-electron chi connectivity index (χ3n) is 4.50. The molecular formula is C17H14N4O7. The van der Waals surface area contributed by atoms with Crippen LogP contribution >= 0.6 is 0 Å². The molecule has 2 aromatic rings. The fraction of sp³-hybridized carbons (Fsp3) is 0.235. The number of nitrogens with zero attached hydrogens (tertiary/aromatic N) is 4. The number of non-ortho nitro benzene ring substituents is 2. The minimum absolute atomic E-state index is 0.118. The summed E-state index contributed by atoms with van der Waals surface area (Å²) < 4.78 is 0. The van der Waals surface area contributed by atoms with Crippen molar-refractivity contribution in [2.75, 3.05) is 6.61 Å². The van der Waals surface area contributed by atoms with Crippen LogP contribution in [0.15, 0.2) is 35.3 Å². The van der Waals surface area contributed by atoms with Crippen molar-refractivity contribution in [2.24, 2.45) is 4.99 Å². The molecule has 2 aromatic carbocycles. The normalized spacial score (nSPS) is 14.4. The molecule has 1 unspecified atom stereocenters. The molecule has 0 aromatic heterocycles. The number of hydrogen-bond donors (Lipinski definition) is 1. The fourth-order valence-corrected chi connectivity index (χ4v) is 3.12. The number of nitro benzene ring substituents is 3. The van der Waals surface area contributed by atoms with Crippen molar-refractivity contribution in [1.29, 1.82) is 0 Å². The van der Waals surface area contributed by atoms with Crippen LogP contribution in [0.5, 0.6) is 0 Å². The van der Waals surface area contributed by atoms with E-state index in [9.17, 15) is 35.4 Å². The number of hydrogen-bond acceptors (Lipinski definition) is 8. The number of benzene rings is 2. The molecule has 1 atom stereocenters. The van der Waals surface area contributed by atoms with Crippen LogP contribution in [0, 0.1) is 30.3 Å². The molecule has 0 saturated carbocycles. The summed E-state index contributed by atoms with van der Waals surface area (Å²) in [6, 6.07) is 5.26. The Bertz CT molecular complexity index is 1040. The first-order valence-electron chi connectivity index (χ1n) is 8.23. The highest BCUT2D eigenvalue weighted by molar-refractivity contribution is 6.26. The number of fused-ring (bicyclic) bond motifs is 3. The van der Waals surface area contributed by atoms with Gasteiger partial charge in [-0.1, -0.05) is 6.92 Å². The Balaban J connectivity index is 2.40. The Morgan fingerprint density at radius 2 is 1.57 bits per heavy atom. The Hall–Kier alpha value is -3.73. The topological polar surface area (TPSA) is 162 Å². The number of aliphatic hydroxyl groups is 1. The molecule has 11 nitrogen and oxygen atoms in total. The second-order valence-electron chi connectivity index (χ2n) is 6.11. The maximum atomic E-state index is 11.6. The van der Waals surface area contributed by atoms with Gasteiger partial charge in [-0.05, 0) is 18.1 Å². The quantitative estimate of drug-likeness (QED) is 0.502. The third kappa shape index (κ3) is 3.07. The summed E-state index contributed by atoms with van der Waals surface area (Å²) in [6.45, 7) is 1.46. The molecule has 0 saturated heterocycles. The van der Waals surface area contributed by atoms with Gasteiger partial charge in [-0.25, -0.2) is 0 Å². The first-order chi connectivity index (χ1) is 13.3. The van der Waals surface area contributed by atoms with Crippen molar-refractivity contribution in [2.45, 2.75) is 19.4 Å². The lowest BCUT2D eigenvalue weighted by atomic mass is 10.0. The largest absolute Gasteiger partial charge is 0.394 e. The van der Waals surface area contributed by atoms with E-state index in [1.807, 2.05) is 0 Å². The van der Waals surface area contributed by atoms with Crippen LogP contribution in [0.2, 0.25) is 0 Å². The van der Waals surface area contributed by atoms with Crippen LogP contribution in [0.3, 0.4) is 0 Å². The van der Waals surface area contributed by atoms with Crippen molar-refractivity contribution in [3.8, 4) is 11.1 Å². The molecule has 0 radical (unpaired) electrons. The smallest absolute Gasteiger partial charge is 0.284 e. The van der Waals surface area contributed by atoms with Crippen LogP contribution in [-0.4, -0.2) is 38.2 Å². The van der Waals surface area contributed by atoms with Gasteiger partial charge in [0.2, 0.25) is 0 Å². The van der Waals surface area contributed by atoms with Crippen molar-refractivity contribution in [3.05, 3.63) is 71.8 Å². The summed E-state index contributed by atoms with van der Waals surface area (Å²) in [6.07, 6.45) is 0.441. The highest BCUT2D eigenvalue weighted by atomic mass is 16.6. The molecule has 0 aliphatic heterocycles. The molecule has 1 aliphatic carbocycles. The highest BCUT2D eigenvalue weighted by Gasteiger charge is 2.36. The van der Waals surface area contributed by atoms with Gasteiger partial charge in [0.05, 0.1) is 44.8 Å². The van der Waals surface area contributed by atoms with Gasteiger partial charge in [-0.2, -0.15) is 0 Å². The number of aliphatic imine (C=N–C) groups is 1. The van der Waals surface area contributed by atoms with Gasteiger partial charge in [-0.3, -0.25) is 35.3 Å². The standard InChI is InChI=1S/C17H14N4O7/c1-2-9(8-22)18-17-13-5-10(19(23)24)3-4-12(13)16-14(17)6-11(20(25)26)7-15(16)21(27)28/h3-7,9,22H,2,8H2,1H3. The van der Waals surface area contributed by atoms with Crippen molar-refractivity contribution in [1.82, 2.24) is 0 Å². The van der Waals surface area contributed by atoms with Gasteiger partial charge in [0.25, 0.3) is 17.1 Å².